The number of aromatic nitrogens is 5. The fraction of sp³-hybridized carbons (Fsp3) is 0.188. The van der Waals surface area contributed by atoms with Crippen LogP contribution in [0.5, 0.6) is 0 Å². The fourth-order valence-electron chi connectivity index (χ4n) is 2.67. The molecule has 4 rings (SSSR count). The molecule has 0 bridgehead atoms. The molecule has 0 aliphatic carbocycles. The van der Waals surface area contributed by atoms with Crippen molar-refractivity contribution in [1.82, 2.24) is 30.0 Å². The molecule has 3 aromatic heterocycles. The van der Waals surface area contributed by atoms with Crippen LogP contribution in [-0.4, -0.2) is 54.3 Å². The van der Waals surface area contributed by atoms with Crippen LogP contribution in [0.15, 0.2) is 29.9 Å². The SMILES string of the molecule is Cc1ccnc(Nc2nc(-c3cn[nH]c3C3=CCN(C(=O)O)C3)cs2)n1. The van der Waals surface area contributed by atoms with Crippen molar-refractivity contribution in [2.24, 2.45) is 0 Å². The van der Waals surface area contributed by atoms with E-state index in [1.807, 2.05) is 24.4 Å². The summed E-state index contributed by atoms with van der Waals surface area (Å²) in [7, 11) is 0. The van der Waals surface area contributed by atoms with Gasteiger partial charge in [-0.1, -0.05) is 6.08 Å². The summed E-state index contributed by atoms with van der Waals surface area (Å²) in [6, 6.07) is 1.83. The molecule has 4 heterocycles. The summed E-state index contributed by atoms with van der Waals surface area (Å²) in [4.78, 5) is 25.5. The number of nitrogens with one attached hydrogen (secondary N) is 2. The molecule has 0 unspecified atom stereocenters. The Morgan fingerprint density at radius 2 is 2.31 bits per heavy atom. The lowest BCUT2D eigenvalue weighted by Gasteiger charge is -2.11. The van der Waals surface area contributed by atoms with E-state index in [1.165, 1.54) is 16.2 Å². The Morgan fingerprint density at radius 3 is 3.08 bits per heavy atom. The zero-order chi connectivity index (χ0) is 18.1. The van der Waals surface area contributed by atoms with E-state index in [-0.39, 0.29) is 0 Å². The third kappa shape index (κ3) is 3.14. The van der Waals surface area contributed by atoms with Crippen molar-refractivity contribution < 1.29 is 9.90 Å². The van der Waals surface area contributed by atoms with Gasteiger partial charge in [-0.05, 0) is 18.6 Å². The van der Waals surface area contributed by atoms with Gasteiger partial charge >= 0.3 is 6.09 Å². The summed E-state index contributed by atoms with van der Waals surface area (Å²) >= 11 is 1.44. The molecule has 1 amide bonds. The van der Waals surface area contributed by atoms with Gasteiger partial charge in [0.2, 0.25) is 5.95 Å². The van der Waals surface area contributed by atoms with Gasteiger partial charge in [-0.3, -0.25) is 5.10 Å². The lowest BCUT2D eigenvalue weighted by atomic mass is 10.1. The molecule has 0 saturated heterocycles. The highest BCUT2D eigenvalue weighted by Gasteiger charge is 2.23. The van der Waals surface area contributed by atoms with Crippen LogP contribution in [0.1, 0.15) is 11.4 Å². The van der Waals surface area contributed by atoms with Crippen LogP contribution < -0.4 is 5.32 Å². The summed E-state index contributed by atoms with van der Waals surface area (Å²) in [6.45, 7) is 2.60. The maximum Gasteiger partial charge on any atom is 0.407 e. The molecule has 26 heavy (non-hydrogen) atoms. The number of hydrogen-bond donors (Lipinski definition) is 3. The second-order valence-electron chi connectivity index (χ2n) is 5.74. The molecule has 0 atom stereocenters. The van der Waals surface area contributed by atoms with E-state index in [9.17, 15) is 4.79 Å². The smallest absolute Gasteiger partial charge is 0.407 e. The van der Waals surface area contributed by atoms with Gasteiger partial charge in [-0.25, -0.2) is 19.7 Å². The lowest BCUT2D eigenvalue weighted by molar-refractivity contribution is 0.158. The van der Waals surface area contributed by atoms with Gasteiger partial charge in [0.1, 0.15) is 0 Å². The number of amides is 1. The average Bonchev–Trinajstić information content (AvgIpc) is 3.34. The number of aromatic amines is 1. The van der Waals surface area contributed by atoms with E-state index in [1.54, 1.807) is 12.4 Å². The van der Waals surface area contributed by atoms with Gasteiger partial charge in [-0.15, -0.1) is 11.3 Å². The molecular formula is C16H15N7O2S. The van der Waals surface area contributed by atoms with Gasteiger partial charge in [0.05, 0.1) is 24.1 Å². The molecule has 0 fully saturated rings. The molecule has 9 nitrogen and oxygen atoms in total. The third-order valence-electron chi connectivity index (χ3n) is 3.94. The fourth-order valence-corrected chi connectivity index (χ4v) is 3.37. The number of carbonyl (C=O) groups is 1. The topological polar surface area (TPSA) is 120 Å². The standard InChI is InChI=1S/C16H15N7O2S/c1-9-2-4-17-14(19-9)21-15-20-12(8-26-15)11-6-18-22-13(11)10-3-5-23(7-10)16(24)25/h2-4,6,8H,5,7H2,1H3,(H,18,22)(H,24,25)(H,17,19,20,21). The largest absolute Gasteiger partial charge is 0.465 e. The Morgan fingerprint density at radius 1 is 1.42 bits per heavy atom. The van der Waals surface area contributed by atoms with Crippen LogP contribution >= 0.6 is 11.3 Å². The summed E-state index contributed by atoms with van der Waals surface area (Å²) < 4.78 is 0. The molecule has 3 aromatic rings. The highest BCUT2D eigenvalue weighted by Crippen LogP contribution is 2.32. The van der Waals surface area contributed by atoms with Crippen LogP contribution in [0.2, 0.25) is 0 Å². The minimum absolute atomic E-state index is 0.330. The predicted molar refractivity (Wildman–Crippen MR) is 97.3 cm³/mol. The second-order valence-corrected chi connectivity index (χ2v) is 6.59. The van der Waals surface area contributed by atoms with Crippen LogP contribution in [0.4, 0.5) is 15.9 Å². The first-order valence-corrected chi connectivity index (χ1v) is 8.71. The zero-order valence-electron chi connectivity index (χ0n) is 13.8. The Hall–Kier alpha value is -3.27. The summed E-state index contributed by atoms with van der Waals surface area (Å²) in [5.41, 5.74) is 4.14. The van der Waals surface area contributed by atoms with E-state index < -0.39 is 6.09 Å². The van der Waals surface area contributed by atoms with Crippen molar-refractivity contribution >= 4 is 34.1 Å². The van der Waals surface area contributed by atoms with Gasteiger partial charge in [0.25, 0.3) is 0 Å². The molecular weight excluding hydrogens is 354 g/mol. The van der Waals surface area contributed by atoms with Crippen LogP contribution in [-0.2, 0) is 0 Å². The highest BCUT2D eigenvalue weighted by atomic mass is 32.1. The quantitative estimate of drug-likeness (QED) is 0.647. The van der Waals surface area contributed by atoms with Crippen molar-refractivity contribution in [2.75, 3.05) is 18.4 Å². The van der Waals surface area contributed by atoms with Crippen molar-refractivity contribution in [3.8, 4) is 11.3 Å². The first-order chi connectivity index (χ1) is 12.6. The van der Waals surface area contributed by atoms with Gasteiger partial charge in [-0.2, -0.15) is 5.10 Å². The molecule has 0 spiro atoms. The van der Waals surface area contributed by atoms with Crippen LogP contribution in [0, 0.1) is 6.92 Å². The monoisotopic (exact) mass is 369 g/mol. The maximum absolute atomic E-state index is 11.1. The van der Waals surface area contributed by atoms with Crippen molar-refractivity contribution in [2.45, 2.75) is 6.92 Å². The van der Waals surface area contributed by atoms with Crippen LogP contribution in [0.25, 0.3) is 16.8 Å². The number of thiazole rings is 1. The maximum atomic E-state index is 11.1. The minimum Gasteiger partial charge on any atom is -0.465 e. The van der Waals surface area contributed by atoms with Crippen molar-refractivity contribution in [3.63, 3.8) is 0 Å². The molecule has 132 valence electrons. The second kappa shape index (κ2) is 6.56. The molecule has 0 aromatic carbocycles. The summed E-state index contributed by atoms with van der Waals surface area (Å²) in [5.74, 6) is 0.494. The molecule has 1 aliphatic rings. The summed E-state index contributed by atoms with van der Waals surface area (Å²) in [6.07, 6.45) is 4.34. The van der Waals surface area contributed by atoms with E-state index >= 15 is 0 Å². The number of nitrogens with zero attached hydrogens (tertiary/aromatic N) is 5. The number of anilines is 2. The molecule has 0 radical (unpaired) electrons. The van der Waals surface area contributed by atoms with Crippen molar-refractivity contribution in [1.29, 1.82) is 0 Å². The lowest BCUT2D eigenvalue weighted by Crippen LogP contribution is -2.26. The first kappa shape index (κ1) is 16.2. The Kier molecular flexibility index (Phi) is 4.09. The van der Waals surface area contributed by atoms with E-state index in [2.05, 4.69) is 30.5 Å². The number of hydrogen-bond acceptors (Lipinski definition) is 7. The van der Waals surface area contributed by atoms with E-state index in [0.717, 1.165) is 28.2 Å². The number of rotatable bonds is 4. The average molecular weight is 369 g/mol. The highest BCUT2D eigenvalue weighted by molar-refractivity contribution is 7.14. The zero-order valence-corrected chi connectivity index (χ0v) is 14.6. The van der Waals surface area contributed by atoms with Crippen LogP contribution in [0.3, 0.4) is 0 Å². The van der Waals surface area contributed by atoms with Crippen molar-refractivity contribution in [3.05, 3.63) is 41.3 Å². The van der Waals surface area contributed by atoms with E-state index in [4.69, 9.17) is 5.11 Å². The normalized spacial score (nSPS) is 13.7. The van der Waals surface area contributed by atoms with Gasteiger partial charge in [0, 0.05) is 29.4 Å². The predicted octanol–water partition coefficient (Wildman–Crippen LogP) is 2.75. The molecule has 10 heteroatoms. The number of aryl methyl sites for hydroxylation is 1. The molecule has 3 N–H and O–H groups in total. The Labute approximate surface area is 152 Å². The molecule has 1 aliphatic heterocycles. The first-order valence-electron chi connectivity index (χ1n) is 7.83. The Balaban J connectivity index is 1.56. The number of H-pyrrole nitrogens is 1. The molecule has 0 saturated carbocycles. The van der Waals surface area contributed by atoms with Gasteiger partial charge in [0.15, 0.2) is 5.13 Å². The van der Waals surface area contributed by atoms with E-state index in [0.29, 0.717) is 24.2 Å². The Bertz CT molecular complexity index is 994. The number of carboxylic acid groups (broad SMARTS) is 1. The minimum atomic E-state index is -0.935. The summed E-state index contributed by atoms with van der Waals surface area (Å²) in [5, 5.41) is 21.9. The third-order valence-corrected chi connectivity index (χ3v) is 4.70. The van der Waals surface area contributed by atoms with Gasteiger partial charge < -0.3 is 15.3 Å².